The van der Waals surface area contributed by atoms with E-state index in [1.165, 1.54) is 17.7 Å². The minimum Gasteiger partial charge on any atom is -0.326 e. The zero-order chi connectivity index (χ0) is 21.6. The van der Waals surface area contributed by atoms with Crippen LogP contribution in [0.1, 0.15) is 59.4 Å². The molecule has 0 bridgehead atoms. The molecule has 2 aromatic rings. The molecule has 1 amide bonds. The van der Waals surface area contributed by atoms with Crippen molar-refractivity contribution in [1.82, 2.24) is 0 Å². The van der Waals surface area contributed by atoms with Crippen molar-refractivity contribution in [2.24, 2.45) is 5.92 Å². The molecular formula is C24H25F4NO. The summed E-state index contributed by atoms with van der Waals surface area (Å²) in [7, 11) is 0. The fourth-order valence-corrected chi connectivity index (χ4v) is 4.97. The van der Waals surface area contributed by atoms with Gasteiger partial charge < -0.3 is 5.32 Å². The van der Waals surface area contributed by atoms with Gasteiger partial charge in [-0.25, -0.2) is 17.6 Å². The van der Waals surface area contributed by atoms with Crippen molar-refractivity contribution in [2.45, 2.75) is 64.2 Å². The highest BCUT2D eigenvalue weighted by Gasteiger charge is 2.45. The Morgan fingerprint density at radius 2 is 1.90 bits per heavy atom. The number of fused-ring (bicyclic) bond motifs is 1. The molecule has 30 heavy (non-hydrogen) atoms. The van der Waals surface area contributed by atoms with Gasteiger partial charge in [0.1, 0.15) is 11.6 Å². The minimum absolute atomic E-state index is 0.0553. The second-order valence-corrected chi connectivity index (χ2v) is 8.82. The molecule has 1 N–H and O–H groups in total. The number of hydrogen-bond acceptors (Lipinski definition) is 1. The fraction of sp³-hybridized carbons (Fsp3) is 0.458. The lowest BCUT2D eigenvalue weighted by atomic mass is 9.77. The number of carbonyl (C=O) groups is 1. The Morgan fingerprint density at radius 3 is 2.57 bits per heavy atom. The van der Waals surface area contributed by atoms with Crippen molar-refractivity contribution in [3.05, 3.63) is 63.7 Å². The van der Waals surface area contributed by atoms with Gasteiger partial charge in [0.2, 0.25) is 11.8 Å². The summed E-state index contributed by atoms with van der Waals surface area (Å²) >= 11 is 0. The van der Waals surface area contributed by atoms with Crippen molar-refractivity contribution in [1.29, 1.82) is 0 Å². The maximum atomic E-state index is 14.3. The molecule has 0 saturated heterocycles. The van der Waals surface area contributed by atoms with Gasteiger partial charge in [0.25, 0.3) is 0 Å². The quantitative estimate of drug-likeness (QED) is 0.585. The predicted octanol–water partition coefficient (Wildman–Crippen LogP) is 6.23. The number of benzene rings is 2. The van der Waals surface area contributed by atoms with Crippen LogP contribution in [0.25, 0.3) is 0 Å². The van der Waals surface area contributed by atoms with Gasteiger partial charge >= 0.3 is 0 Å². The Morgan fingerprint density at radius 1 is 1.17 bits per heavy atom. The molecule has 0 radical (unpaired) electrons. The second kappa shape index (κ2) is 7.71. The van der Waals surface area contributed by atoms with Gasteiger partial charge in [-0.3, -0.25) is 4.79 Å². The number of alkyl halides is 2. The molecule has 1 saturated carbocycles. The first kappa shape index (κ1) is 20.9. The van der Waals surface area contributed by atoms with Crippen molar-refractivity contribution in [3.63, 3.8) is 0 Å². The highest BCUT2D eigenvalue weighted by molar-refractivity contribution is 5.93. The molecule has 2 aromatic carbocycles. The third-order valence-electron chi connectivity index (χ3n) is 6.53. The van der Waals surface area contributed by atoms with E-state index >= 15 is 0 Å². The molecule has 2 nitrogen and oxygen atoms in total. The van der Waals surface area contributed by atoms with Gasteiger partial charge in [0.05, 0.1) is 0 Å². The van der Waals surface area contributed by atoms with E-state index in [0.29, 0.717) is 17.7 Å². The van der Waals surface area contributed by atoms with E-state index in [1.54, 1.807) is 0 Å². The van der Waals surface area contributed by atoms with Crippen LogP contribution in [0.3, 0.4) is 0 Å². The summed E-state index contributed by atoms with van der Waals surface area (Å²) in [5.74, 6) is -4.33. The molecular weight excluding hydrogens is 394 g/mol. The standard InChI is InChI=1S/C24H25F4NO/c1-13-7-16-3-4-17(19-6-5-18(25)10-21(19)26)9-20(16)14(2)23(13)29-22(30)8-15-11-24(27,28)12-15/h5-7,10,15,17H,3-4,8-9,11-12H2,1-2H3,(H,29,30). The largest absolute Gasteiger partial charge is 0.326 e. The lowest BCUT2D eigenvalue weighted by Crippen LogP contribution is -2.37. The summed E-state index contributed by atoms with van der Waals surface area (Å²) in [4.78, 5) is 12.4. The molecule has 0 heterocycles. The normalized spacial score (nSPS) is 20.4. The van der Waals surface area contributed by atoms with E-state index in [1.807, 2.05) is 19.9 Å². The molecule has 2 aliphatic carbocycles. The van der Waals surface area contributed by atoms with E-state index in [4.69, 9.17) is 0 Å². The van der Waals surface area contributed by atoms with Crippen LogP contribution in [0, 0.1) is 31.4 Å². The Kier molecular flexibility index (Phi) is 5.37. The number of carbonyl (C=O) groups excluding carboxylic acids is 1. The summed E-state index contributed by atoms with van der Waals surface area (Å²) < 4.78 is 53.6. The SMILES string of the molecule is Cc1cc2c(c(C)c1NC(=O)CC1CC(F)(F)C1)CC(c1ccc(F)cc1F)CC2. The smallest absolute Gasteiger partial charge is 0.248 e. The summed E-state index contributed by atoms with van der Waals surface area (Å²) in [5, 5.41) is 2.92. The highest BCUT2D eigenvalue weighted by Crippen LogP contribution is 2.44. The second-order valence-electron chi connectivity index (χ2n) is 8.82. The van der Waals surface area contributed by atoms with Gasteiger partial charge in [0, 0.05) is 31.0 Å². The third-order valence-corrected chi connectivity index (χ3v) is 6.53. The van der Waals surface area contributed by atoms with Crippen molar-refractivity contribution in [2.75, 3.05) is 5.32 Å². The topological polar surface area (TPSA) is 29.1 Å². The maximum absolute atomic E-state index is 14.3. The first-order valence-electron chi connectivity index (χ1n) is 10.4. The van der Waals surface area contributed by atoms with Gasteiger partial charge in [-0.15, -0.1) is 0 Å². The fourth-order valence-electron chi connectivity index (χ4n) is 4.97. The summed E-state index contributed by atoms with van der Waals surface area (Å²) in [6.45, 7) is 3.86. The number of amides is 1. The molecule has 0 aromatic heterocycles. The Balaban J connectivity index is 1.53. The number of hydrogen-bond donors (Lipinski definition) is 1. The molecule has 1 fully saturated rings. The Bertz CT molecular complexity index is 993. The third kappa shape index (κ3) is 4.09. The van der Waals surface area contributed by atoms with Crippen molar-refractivity contribution >= 4 is 11.6 Å². The molecule has 0 aliphatic heterocycles. The lowest BCUT2D eigenvalue weighted by Gasteiger charge is -2.34. The van der Waals surface area contributed by atoms with E-state index in [-0.39, 0.29) is 37.0 Å². The average Bonchev–Trinajstić information content (AvgIpc) is 2.63. The van der Waals surface area contributed by atoms with Gasteiger partial charge in [-0.2, -0.15) is 0 Å². The zero-order valence-corrected chi connectivity index (χ0v) is 17.1. The number of anilines is 1. The minimum atomic E-state index is -2.63. The van der Waals surface area contributed by atoms with Crippen LogP contribution in [0.2, 0.25) is 0 Å². The van der Waals surface area contributed by atoms with Crippen LogP contribution in [0.15, 0.2) is 24.3 Å². The summed E-state index contributed by atoms with van der Waals surface area (Å²) in [6, 6.07) is 5.77. The van der Waals surface area contributed by atoms with E-state index in [0.717, 1.165) is 35.6 Å². The Labute approximate surface area is 173 Å². The molecule has 1 unspecified atom stereocenters. The van der Waals surface area contributed by atoms with Gasteiger partial charge in [-0.05, 0) is 78.8 Å². The first-order chi connectivity index (χ1) is 14.1. The van der Waals surface area contributed by atoms with Crippen LogP contribution in [-0.2, 0) is 17.6 Å². The molecule has 160 valence electrons. The first-order valence-corrected chi connectivity index (χ1v) is 10.4. The predicted molar refractivity (Wildman–Crippen MR) is 108 cm³/mol. The van der Waals surface area contributed by atoms with E-state index in [2.05, 4.69) is 5.32 Å². The highest BCUT2D eigenvalue weighted by atomic mass is 19.3. The van der Waals surface area contributed by atoms with Crippen molar-refractivity contribution in [3.8, 4) is 0 Å². The van der Waals surface area contributed by atoms with Crippen molar-refractivity contribution < 1.29 is 22.4 Å². The van der Waals surface area contributed by atoms with Crippen LogP contribution in [-0.4, -0.2) is 11.8 Å². The van der Waals surface area contributed by atoms with Gasteiger partial charge in [0.15, 0.2) is 0 Å². The maximum Gasteiger partial charge on any atom is 0.248 e. The number of aryl methyl sites for hydroxylation is 2. The number of nitrogens with one attached hydrogen (secondary N) is 1. The van der Waals surface area contributed by atoms with E-state index in [9.17, 15) is 22.4 Å². The lowest BCUT2D eigenvalue weighted by molar-refractivity contribution is -0.129. The van der Waals surface area contributed by atoms with Crippen LogP contribution in [0.5, 0.6) is 0 Å². The monoisotopic (exact) mass is 419 g/mol. The molecule has 2 aliphatic rings. The Hall–Kier alpha value is -2.37. The van der Waals surface area contributed by atoms with Gasteiger partial charge in [-0.1, -0.05) is 12.1 Å². The average molecular weight is 419 g/mol. The summed E-state index contributed by atoms with van der Waals surface area (Å²) in [5.41, 5.74) is 5.35. The van der Waals surface area contributed by atoms with E-state index < -0.39 is 17.6 Å². The van der Waals surface area contributed by atoms with Crippen LogP contribution >= 0.6 is 0 Å². The van der Waals surface area contributed by atoms with Crippen LogP contribution in [0.4, 0.5) is 23.2 Å². The summed E-state index contributed by atoms with van der Waals surface area (Å²) in [6.07, 6.45) is 1.80. The number of halogens is 4. The number of rotatable bonds is 4. The molecule has 1 atom stereocenters. The molecule has 6 heteroatoms. The zero-order valence-electron chi connectivity index (χ0n) is 17.1. The van der Waals surface area contributed by atoms with Crippen LogP contribution < -0.4 is 5.32 Å². The molecule has 4 rings (SSSR count). The molecule has 0 spiro atoms.